The number of methoxy groups -OCH3 is 1. The van der Waals surface area contributed by atoms with Gasteiger partial charge in [0.2, 0.25) is 0 Å². The van der Waals surface area contributed by atoms with Gasteiger partial charge >= 0.3 is 0 Å². The standard InChI is InChI=1S/C12H15O/c1-5-9(2)11-8-6-7-10(3)12(11)13-4/h5-8H,1H2,2-4H3. The fraction of sp³-hybridized carbons (Fsp3) is 0.250. The molecule has 0 N–H and O–H groups in total. The Labute approximate surface area is 80.0 Å². The molecule has 0 saturated carbocycles. The summed E-state index contributed by atoms with van der Waals surface area (Å²) in [5.41, 5.74) is 2.28. The molecule has 1 aromatic carbocycles. The molecule has 1 radical (unpaired) electrons. The first-order valence-electron chi connectivity index (χ1n) is 4.30. The van der Waals surface area contributed by atoms with Crippen LogP contribution in [0.25, 0.3) is 0 Å². The number of para-hydroxylation sites is 1. The minimum Gasteiger partial charge on any atom is -0.496 e. The van der Waals surface area contributed by atoms with E-state index >= 15 is 0 Å². The van der Waals surface area contributed by atoms with Crippen molar-refractivity contribution in [3.05, 3.63) is 47.9 Å². The first-order valence-corrected chi connectivity index (χ1v) is 4.30. The maximum absolute atomic E-state index is 5.33. The average molecular weight is 175 g/mol. The summed E-state index contributed by atoms with van der Waals surface area (Å²) in [6.07, 6.45) is 1.84. The smallest absolute Gasteiger partial charge is 0.125 e. The van der Waals surface area contributed by atoms with Crippen LogP contribution >= 0.6 is 0 Å². The van der Waals surface area contributed by atoms with Gasteiger partial charge in [-0.25, -0.2) is 0 Å². The number of hydrogen-bond donors (Lipinski definition) is 0. The highest BCUT2D eigenvalue weighted by Crippen LogP contribution is 2.29. The van der Waals surface area contributed by atoms with Crippen LogP contribution in [0, 0.1) is 12.8 Å². The molecule has 0 unspecified atom stereocenters. The summed E-state index contributed by atoms with van der Waals surface area (Å²) < 4.78 is 5.33. The lowest BCUT2D eigenvalue weighted by Crippen LogP contribution is -1.97. The lowest BCUT2D eigenvalue weighted by Gasteiger charge is -2.13. The first kappa shape index (κ1) is 9.85. The Hall–Kier alpha value is -1.24. The van der Waals surface area contributed by atoms with Crippen molar-refractivity contribution in [2.24, 2.45) is 0 Å². The molecule has 1 heteroatoms. The van der Waals surface area contributed by atoms with E-state index in [0.717, 1.165) is 22.8 Å². The van der Waals surface area contributed by atoms with Gasteiger partial charge in [-0.05, 0) is 12.5 Å². The van der Waals surface area contributed by atoms with Gasteiger partial charge in [0.05, 0.1) is 7.11 Å². The minimum atomic E-state index is 0.944. The number of benzene rings is 1. The zero-order valence-electron chi connectivity index (χ0n) is 8.42. The maximum Gasteiger partial charge on any atom is 0.125 e. The minimum absolute atomic E-state index is 0.944. The molecule has 1 aromatic rings. The predicted octanol–water partition coefficient (Wildman–Crippen LogP) is 3.13. The zero-order valence-corrected chi connectivity index (χ0v) is 8.42. The van der Waals surface area contributed by atoms with Crippen LogP contribution in [0.4, 0.5) is 0 Å². The molecule has 0 heterocycles. The molecule has 0 aliphatic rings. The first-order chi connectivity index (χ1) is 6.20. The van der Waals surface area contributed by atoms with E-state index in [1.165, 1.54) is 0 Å². The summed E-state index contributed by atoms with van der Waals surface area (Å²) in [6, 6.07) is 6.11. The maximum atomic E-state index is 5.33. The second-order valence-electron chi connectivity index (χ2n) is 3.04. The van der Waals surface area contributed by atoms with Crippen molar-refractivity contribution < 1.29 is 4.74 Å². The number of aryl methyl sites for hydroxylation is 1. The van der Waals surface area contributed by atoms with Gasteiger partial charge in [0, 0.05) is 11.5 Å². The number of allylic oxidation sites excluding steroid dienone is 1. The van der Waals surface area contributed by atoms with Gasteiger partial charge < -0.3 is 4.74 Å². The van der Waals surface area contributed by atoms with Crippen LogP contribution < -0.4 is 4.74 Å². The van der Waals surface area contributed by atoms with Crippen LogP contribution in [-0.2, 0) is 0 Å². The van der Waals surface area contributed by atoms with E-state index in [9.17, 15) is 0 Å². The van der Waals surface area contributed by atoms with Gasteiger partial charge in [0.15, 0.2) is 0 Å². The van der Waals surface area contributed by atoms with Crippen molar-refractivity contribution in [2.45, 2.75) is 13.8 Å². The van der Waals surface area contributed by atoms with Gasteiger partial charge in [0.25, 0.3) is 0 Å². The van der Waals surface area contributed by atoms with Crippen LogP contribution in [-0.4, -0.2) is 7.11 Å². The van der Waals surface area contributed by atoms with Gasteiger partial charge in [-0.15, -0.1) is 6.58 Å². The van der Waals surface area contributed by atoms with Crippen LogP contribution in [0.2, 0.25) is 0 Å². The Morgan fingerprint density at radius 2 is 2.15 bits per heavy atom. The van der Waals surface area contributed by atoms with Crippen LogP contribution in [0.15, 0.2) is 30.9 Å². The highest BCUT2D eigenvalue weighted by Gasteiger charge is 2.09. The largest absolute Gasteiger partial charge is 0.496 e. The third-order valence-electron chi connectivity index (χ3n) is 2.15. The average Bonchev–Trinajstić information content (AvgIpc) is 2.16. The zero-order chi connectivity index (χ0) is 9.84. The fourth-order valence-corrected chi connectivity index (χ4v) is 1.34. The van der Waals surface area contributed by atoms with E-state index in [0.29, 0.717) is 0 Å². The molecule has 0 aliphatic heterocycles. The van der Waals surface area contributed by atoms with E-state index in [2.05, 4.69) is 6.58 Å². The highest BCUT2D eigenvalue weighted by atomic mass is 16.5. The van der Waals surface area contributed by atoms with Gasteiger partial charge in [0.1, 0.15) is 5.75 Å². The van der Waals surface area contributed by atoms with Crippen LogP contribution in [0.5, 0.6) is 5.75 Å². The van der Waals surface area contributed by atoms with Gasteiger partial charge in [-0.2, -0.15) is 0 Å². The SMILES string of the molecule is C=C[C](C)c1cccc(C)c1OC. The summed E-state index contributed by atoms with van der Waals surface area (Å²) in [5, 5.41) is 0. The Balaban J connectivity index is 3.19. The molecule has 0 atom stereocenters. The molecule has 0 bridgehead atoms. The second-order valence-corrected chi connectivity index (χ2v) is 3.04. The third kappa shape index (κ3) is 1.92. The van der Waals surface area contributed by atoms with Crippen molar-refractivity contribution in [2.75, 3.05) is 7.11 Å². The molecule has 0 aliphatic carbocycles. The molecule has 69 valence electrons. The Morgan fingerprint density at radius 3 is 2.69 bits per heavy atom. The van der Waals surface area contributed by atoms with Crippen molar-refractivity contribution in [3.8, 4) is 5.75 Å². The molecular weight excluding hydrogens is 160 g/mol. The van der Waals surface area contributed by atoms with Gasteiger partial charge in [-0.3, -0.25) is 0 Å². The number of hydrogen-bond acceptors (Lipinski definition) is 1. The Bertz CT molecular complexity index is 302. The highest BCUT2D eigenvalue weighted by molar-refractivity contribution is 5.50. The fourth-order valence-electron chi connectivity index (χ4n) is 1.34. The van der Waals surface area contributed by atoms with Crippen LogP contribution in [0.1, 0.15) is 18.1 Å². The van der Waals surface area contributed by atoms with Crippen molar-refractivity contribution in [3.63, 3.8) is 0 Å². The molecule has 1 rings (SSSR count). The lowest BCUT2D eigenvalue weighted by atomic mass is 9.98. The number of ether oxygens (including phenoxy) is 1. The van der Waals surface area contributed by atoms with E-state index < -0.39 is 0 Å². The summed E-state index contributed by atoms with van der Waals surface area (Å²) in [4.78, 5) is 0. The van der Waals surface area contributed by atoms with Crippen molar-refractivity contribution in [1.29, 1.82) is 0 Å². The monoisotopic (exact) mass is 175 g/mol. The lowest BCUT2D eigenvalue weighted by molar-refractivity contribution is 0.408. The molecule has 0 aromatic heterocycles. The molecule has 0 spiro atoms. The summed E-state index contributed by atoms with van der Waals surface area (Å²) in [6.45, 7) is 7.82. The van der Waals surface area contributed by atoms with E-state index in [4.69, 9.17) is 4.74 Å². The number of rotatable bonds is 3. The van der Waals surface area contributed by atoms with Gasteiger partial charge in [-0.1, -0.05) is 31.2 Å². The molecular formula is C12H15O. The summed E-state index contributed by atoms with van der Waals surface area (Å²) in [7, 11) is 1.70. The Morgan fingerprint density at radius 1 is 1.46 bits per heavy atom. The Kier molecular flexibility index (Phi) is 3.13. The van der Waals surface area contributed by atoms with Crippen molar-refractivity contribution in [1.82, 2.24) is 0 Å². The summed E-state index contributed by atoms with van der Waals surface area (Å²) in [5.74, 6) is 2.08. The van der Waals surface area contributed by atoms with E-state index in [-0.39, 0.29) is 0 Å². The molecule has 1 nitrogen and oxygen atoms in total. The quantitative estimate of drug-likeness (QED) is 0.685. The summed E-state index contributed by atoms with van der Waals surface area (Å²) >= 11 is 0. The normalized spacial score (nSPS) is 10.2. The van der Waals surface area contributed by atoms with E-state index in [1.807, 2.05) is 38.1 Å². The second kappa shape index (κ2) is 4.13. The van der Waals surface area contributed by atoms with Crippen molar-refractivity contribution >= 4 is 0 Å². The van der Waals surface area contributed by atoms with Crippen LogP contribution in [0.3, 0.4) is 0 Å². The predicted molar refractivity (Wildman–Crippen MR) is 55.9 cm³/mol. The molecule has 0 fully saturated rings. The molecule has 0 amide bonds. The topological polar surface area (TPSA) is 9.23 Å². The molecule has 13 heavy (non-hydrogen) atoms. The van der Waals surface area contributed by atoms with E-state index in [1.54, 1.807) is 7.11 Å². The third-order valence-corrected chi connectivity index (χ3v) is 2.15. The molecule has 0 saturated heterocycles.